The summed E-state index contributed by atoms with van der Waals surface area (Å²) in [6.45, 7) is 0. The fraction of sp³-hybridized carbons (Fsp3) is 0.538. The molecule has 0 amide bonds. The van der Waals surface area contributed by atoms with E-state index in [1.165, 1.54) is 26.0 Å². The van der Waals surface area contributed by atoms with Gasteiger partial charge in [-0.25, -0.2) is 4.39 Å². The van der Waals surface area contributed by atoms with Crippen LogP contribution < -0.4 is 10.5 Å². The van der Waals surface area contributed by atoms with Crippen LogP contribution in [0.3, 0.4) is 0 Å². The van der Waals surface area contributed by atoms with E-state index < -0.39 is 0 Å². The minimum Gasteiger partial charge on any atom is -0.493 e. The Balaban J connectivity index is 0.00000144. The number of benzene rings is 1. The van der Waals surface area contributed by atoms with E-state index in [2.05, 4.69) is 0 Å². The summed E-state index contributed by atoms with van der Waals surface area (Å²) in [6.07, 6.45) is 4.74. The molecule has 1 aliphatic rings. The van der Waals surface area contributed by atoms with Crippen molar-refractivity contribution in [3.05, 3.63) is 29.6 Å². The Hall–Kier alpha value is -0.800. The molecule has 1 fully saturated rings. The highest BCUT2D eigenvalue weighted by molar-refractivity contribution is 5.85. The van der Waals surface area contributed by atoms with Crippen molar-refractivity contribution in [2.75, 3.05) is 7.11 Å². The fourth-order valence-corrected chi connectivity index (χ4v) is 2.57. The van der Waals surface area contributed by atoms with Gasteiger partial charge >= 0.3 is 0 Å². The van der Waals surface area contributed by atoms with Crippen molar-refractivity contribution in [2.45, 2.75) is 31.7 Å². The molecule has 96 valence electrons. The summed E-state index contributed by atoms with van der Waals surface area (Å²) < 4.78 is 18.6. The van der Waals surface area contributed by atoms with Gasteiger partial charge in [0.1, 0.15) is 0 Å². The van der Waals surface area contributed by atoms with Crippen molar-refractivity contribution < 1.29 is 9.13 Å². The van der Waals surface area contributed by atoms with Crippen LogP contribution in [0.5, 0.6) is 5.75 Å². The Bertz CT molecular complexity index is 366. The van der Waals surface area contributed by atoms with Gasteiger partial charge in [-0.15, -0.1) is 12.4 Å². The summed E-state index contributed by atoms with van der Waals surface area (Å²) in [7, 11) is 1.49. The zero-order valence-corrected chi connectivity index (χ0v) is 10.8. The molecule has 0 radical (unpaired) electrons. The predicted octanol–water partition coefficient (Wildman–Crippen LogP) is 3.45. The third-order valence-corrected chi connectivity index (χ3v) is 3.47. The summed E-state index contributed by atoms with van der Waals surface area (Å²) in [5.41, 5.74) is 7.00. The van der Waals surface area contributed by atoms with Crippen LogP contribution in [0.4, 0.5) is 4.39 Å². The molecule has 1 aromatic rings. The van der Waals surface area contributed by atoms with E-state index in [1.54, 1.807) is 6.07 Å². The number of methoxy groups -OCH3 is 1. The lowest BCUT2D eigenvalue weighted by atomic mass is 9.92. The highest BCUT2D eigenvalue weighted by Gasteiger charge is 2.26. The SMILES string of the molecule is COc1c(F)cccc1[C@@H](N)C1CCCC1.Cl. The number of halogens is 2. The van der Waals surface area contributed by atoms with Gasteiger partial charge in [-0.3, -0.25) is 0 Å². The molecule has 1 atom stereocenters. The third-order valence-electron chi connectivity index (χ3n) is 3.47. The molecule has 2 nitrogen and oxygen atoms in total. The Morgan fingerprint density at radius 1 is 1.35 bits per heavy atom. The van der Waals surface area contributed by atoms with Gasteiger partial charge in [0.25, 0.3) is 0 Å². The number of para-hydroxylation sites is 1. The number of rotatable bonds is 3. The average molecular weight is 260 g/mol. The molecule has 17 heavy (non-hydrogen) atoms. The Labute approximate surface area is 108 Å². The van der Waals surface area contributed by atoms with Gasteiger partial charge in [-0.1, -0.05) is 25.0 Å². The van der Waals surface area contributed by atoms with Crippen molar-refractivity contribution in [3.63, 3.8) is 0 Å². The van der Waals surface area contributed by atoms with E-state index >= 15 is 0 Å². The molecule has 1 aliphatic carbocycles. The molecule has 4 heteroatoms. The lowest BCUT2D eigenvalue weighted by molar-refractivity contribution is 0.363. The second-order valence-corrected chi connectivity index (χ2v) is 4.43. The van der Waals surface area contributed by atoms with Crippen molar-refractivity contribution in [2.24, 2.45) is 11.7 Å². The molecule has 2 N–H and O–H groups in total. The minimum atomic E-state index is -0.326. The molecule has 0 aliphatic heterocycles. The highest BCUT2D eigenvalue weighted by Crippen LogP contribution is 2.38. The van der Waals surface area contributed by atoms with Crippen molar-refractivity contribution >= 4 is 12.4 Å². The van der Waals surface area contributed by atoms with Crippen molar-refractivity contribution in [3.8, 4) is 5.75 Å². The second-order valence-electron chi connectivity index (χ2n) is 4.43. The summed E-state index contributed by atoms with van der Waals surface area (Å²) in [5, 5.41) is 0. The summed E-state index contributed by atoms with van der Waals surface area (Å²) >= 11 is 0. The first kappa shape index (κ1) is 14.3. The molecule has 1 saturated carbocycles. The maximum atomic E-state index is 13.5. The molecule has 0 saturated heterocycles. The van der Waals surface area contributed by atoms with Gasteiger partial charge in [-0.2, -0.15) is 0 Å². The number of ether oxygens (including phenoxy) is 1. The molecule has 0 heterocycles. The lowest BCUT2D eigenvalue weighted by Crippen LogP contribution is -2.20. The summed E-state index contributed by atoms with van der Waals surface area (Å²) in [6, 6.07) is 4.87. The van der Waals surface area contributed by atoms with Crippen LogP contribution in [-0.2, 0) is 0 Å². The molecule has 1 aromatic carbocycles. The fourth-order valence-electron chi connectivity index (χ4n) is 2.57. The van der Waals surface area contributed by atoms with Crippen molar-refractivity contribution in [1.82, 2.24) is 0 Å². The largest absolute Gasteiger partial charge is 0.493 e. The summed E-state index contributed by atoms with van der Waals surface area (Å²) in [4.78, 5) is 0. The monoisotopic (exact) mass is 259 g/mol. The van der Waals surface area contributed by atoms with Gasteiger partial charge < -0.3 is 10.5 Å². The second kappa shape index (κ2) is 6.22. The zero-order chi connectivity index (χ0) is 11.5. The molecule has 0 unspecified atom stereocenters. The van der Waals surface area contributed by atoms with Gasteiger partial charge in [0.05, 0.1) is 7.11 Å². The van der Waals surface area contributed by atoms with Gasteiger partial charge in [0.15, 0.2) is 11.6 Å². The molecular weight excluding hydrogens is 241 g/mol. The molecule has 2 rings (SSSR count). The Kier molecular flexibility index (Phi) is 5.22. The normalized spacial score (nSPS) is 17.6. The molecule has 0 bridgehead atoms. The third kappa shape index (κ3) is 2.90. The highest BCUT2D eigenvalue weighted by atomic mass is 35.5. The quantitative estimate of drug-likeness (QED) is 0.902. The predicted molar refractivity (Wildman–Crippen MR) is 69.1 cm³/mol. The lowest BCUT2D eigenvalue weighted by Gasteiger charge is -2.21. The van der Waals surface area contributed by atoms with Crippen LogP contribution in [-0.4, -0.2) is 7.11 Å². The number of nitrogens with two attached hydrogens (primary N) is 1. The van der Waals surface area contributed by atoms with Crippen LogP contribution in [0.1, 0.15) is 37.3 Å². The topological polar surface area (TPSA) is 35.2 Å². The Morgan fingerprint density at radius 2 is 2.00 bits per heavy atom. The van der Waals surface area contributed by atoms with E-state index in [9.17, 15) is 4.39 Å². The first-order valence-electron chi connectivity index (χ1n) is 5.82. The molecule has 0 spiro atoms. The van der Waals surface area contributed by atoms with Crippen molar-refractivity contribution in [1.29, 1.82) is 0 Å². The molecule has 0 aromatic heterocycles. The first-order valence-corrected chi connectivity index (χ1v) is 5.82. The maximum Gasteiger partial charge on any atom is 0.165 e. The van der Waals surface area contributed by atoms with Crippen LogP contribution >= 0.6 is 12.4 Å². The zero-order valence-electron chi connectivity index (χ0n) is 9.99. The van der Waals surface area contributed by atoms with E-state index in [4.69, 9.17) is 10.5 Å². The van der Waals surface area contributed by atoms with Crippen LogP contribution in [0.15, 0.2) is 18.2 Å². The van der Waals surface area contributed by atoms with Crippen LogP contribution in [0.25, 0.3) is 0 Å². The van der Waals surface area contributed by atoms with Gasteiger partial charge in [0.2, 0.25) is 0 Å². The average Bonchev–Trinajstić information content (AvgIpc) is 2.81. The van der Waals surface area contributed by atoms with E-state index in [0.29, 0.717) is 11.7 Å². The maximum absolute atomic E-state index is 13.5. The van der Waals surface area contributed by atoms with Crippen LogP contribution in [0, 0.1) is 11.7 Å². The number of hydrogen-bond donors (Lipinski definition) is 1. The van der Waals surface area contributed by atoms with Gasteiger partial charge in [0, 0.05) is 11.6 Å². The molecular formula is C13H19ClFNO. The Morgan fingerprint density at radius 3 is 2.59 bits per heavy atom. The minimum absolute atomic E-state index is 0. The van der Waals surface area contributed by atoms with Gasteiger partial charge in [-0.05, 0) is 24.8 Å². The van der Waals surface area contributed by atoms with Crippen LogP contribution in [0.2, 0.25) is 0 Å². The smallest absolute Gasteiger partial charge is 0.165 e. The van der Waals surface area contributed by atoms with E-state index in [-0.39, 0.29) is 24.3 Å². The summed E-state index contributed by atoms with van der Waals surface area (Å²) in [5.74, 6) is 0.450. The van der Waals surface area contributed by atoms with E-state index in [1.807, 2.05) is 6.07 Å². The van der Waals surface area contributed by atoms with E-state index in [0.717, 1.165) is 18.4 Å². The first-order chi connectivity index (χ1) is 7.74. The standard InChI is InChI=1S/C13H18FNO.ClH/c1-16-13-10(7-4-8-11(13)14)12(15)9-5-2-3-6-9;/h4,7-9,12H,2-3,5-6,15H2,1H3;1H/t12-;/m0./s1. The number of hydrogen-bond acceptors (Lipinski definition) is 2.